The zero-order valence-electron chi connectivity index (χ0n) is 9.90. The monoisotopic (exact) mass is 207 g/mol. The summed E-state index contributed by atoms with van der Waals surface area (Å²) in [5.41, 5.74) is 1.18. The second kappa shape index (κ2) is 6.40. The molecule has 0 aliphatic heterocycles. The average molecular weight is 207 g/mol. The summed E-state index contributed by atoms with van der Waals surface area (Å²) in [5, 5.41) is 7.61. The van der Waals surface area contributed by atoms with E-state index in [1.807, 2.05) is 16.9 Å². The summed E-state index contributed by atoms with van der Waals surface area (Å²) in [4.78, 5) is 0. The molecule has 0 amide bonds. The summed E-state index contributed by atoms with van der Waals surface area (Å²) in [6.45, 7) is 8.36. The highest BCUT2D eigenvalue weighted by Crippen LogP contribution is 2.02. The van der Waals surface area contributed by atoms with Crippen LogP contribution in [0.3, 0.4) is 0 Å². The fraction of sp³-hybridized carbons (Fsp3) is 0.583. The highest BCUT2D eigenvalue weighted by atomic mass is 15.3. The number of rotatable bonds is 6. The van der Waals surface area contributed by atoms with E-state index in [0.717, 1.165) is 19.5 Å². The quantitative estimate of drug-likeness (QED) is 0.775. The molecule has 0 spiro atoms. The van der Waals surface area contributed by atoms with Gasteiger partial charge in [-0.3, -0.25) is 4.68 Å². The third-order valence-corrected chi connectivity index (χ3v) is 2.12. The summed E-state index contributed by atoms with van der Waals surface area (Å²) < 4.78 is 2.03. The largest absolute Gasteiger partial charge is 0.311 e. The van der Waals surface area contributed by atoms with Crippen molar-refractivity contribution in [3.63, 3.8) is 0 Å². The molecule has 1 heterocycles. The molecule has 15 heavy (non-hydrogen) atoms. The fourth-order valence-electron chi connectivity index (χ4n) is 1.37. The van der Waals surface area contributed by atoms with Gasteiger partial charge in [-0.25, -0.2) is 0 Å². The topological polar surface area (TPSA) is 29.9 Å². The number of hydrogen-bond acceptors (Lipinski definition) is 2. The van der Waals surface area contributed by atoms with E-state index < -0.39 is 0 Å². The Morgan fingerprint density at radius 2 is 2.33 bits per heavy atom. The molecule has 1 N–H and O–H groups in total. The summed E-state index contributed by atoms with van der Waals surface area (Å²) in [6, 6.07) is 2.58. The third-order valence-electron chi connectivity index (χ3n) is 2.12. The van der Waals surface area contributed by atoms with Gasteiger partial charge in [0.05, 0.1) is 5.69 Å². The van der Waals surface area contributed by atoms with Crippen LogP contribution in [0, 0.1) is 0 Å². The molecule has 1 aromatic rings. The Bertz CT molecular complexity index is 300. The minimum atomic E-state index is 0.537. The Balaban J connectivity index is 2.45. The zero-order chi connectivity index (χ0) is 11.1. The zero-order valence-corrected chi connectivity index (χ0v) is 9.90. The fourth-order valence-corrected chi connectivity index (χ4v) is 1.37. The number of hydrogen-bond donors (Lipinski definition) is 1. The second-order valence-corrected chi connectivity index (χ2v) is 3.94. The SMILES string of the molecule is CCCn1nccc1/C=C/CNC(C)C. The molecule has 3 heteroatoms. The van der Waals surface area contributed by atoms with Crippen LogP contribution in [0.1, 0.15) is 32.9 Å². The van der Waals surface area contributed by atoms with E-state index in [4.69, 9.17) is 0 Å². The normalized spacial score (nSPS) is 11.7. The summed E-state index contributed by atoms with van der Waals surface area (Å²) in [7, 11) is 0. The molecule has 0 fully saturated rings. The number of aromatic nitrogens is 2. The van der Waals surface area contributed by atoms with Gasteiger partial charge in [0.1, 0.15) is 0 Å². The molecular formula is C12H21N3. The maximum absolute atomic E-state index is 4.26. The minimum absolute atomic E-state index is 0.537. The molecule has 1 rings (SSSR count). The van der Waals surface area contributed by atoms with Crippen molar-refractivity contribution >= 4 is 6.08 Å². The van der Waals surface area contributed by atoms with Crippen molar-refractivity contribution in [2.45, 2.75) is 39.8 Å². The number of nitrogens with zero attached hydrogens (tertiary/aromatic N) is 2. The molecule has 0 saturated carbocycles. The lowest BCUT2D eigenvalue weighted by atomic mass is 10.3. The molecule has 0 bridgehead atoms. The van der Waals surface area contributed by atoms with Crippen LogP contribution in [0.2, 0.25) is 0 Å². The van der Waals surface area contributed by atoms with Crippen LogP contribution in [0.4, 0.5) is 0 Å². The molecule has 1 aromatic heterocycles. The van der Waals surface area contributed by atoms with Crippen LogP contribution in [0.5, 0.6) is 0 Å². The van der Waals surface area contributed by atoms with E-state index >= 15 is 0 Å². The molecule has 0 radical (unpaired) electrons. The van der Waals surface area contributed by atoms with Crippen molar-refractivity contribution in [2.75, 3.05) is 6.54 Å². The molecule has 0 aliphatic rings. The Kier molecular flexibility index (Phi) is 5.12. The van der Waals surface area contributed by atoms with Gasteiger partial charge in [-0.2, -0.15) is 5.10 Å². The summed E-state index contributed by atoms with van der Waals surface area (Å²) in [6.07, 6.45) is 7.24. The maximum Gasteiger partial charge on any atom is 0.0607 e. The highest BCUT2D eigenvalue weighted by molar-refractivity contribution is 5.44. The Morgan fingerprint density at radius 3 is 3.00 bits per heavy atom. The van der Waals surface area contributed by atoms with E-state index in [1.165, 1.54) is 5.69 Å². The van der Waals surface area contributed by atoms with Crippen molar-refractivity contribution < 1.29 is 0 Å². The van der Waals surface area contributed by atoms with Gasteiger partial charge in [-0.1, -0.05) is 26.8 Å². The predicted octanol–water partition coefficient (Wildman–Crippen LogP) is 2.30. The second-order valence-electron chi connectivity index (χ2n) is 3.94. The van der Waals surface area contributed by atoms with Gasteiger partial charge in [0.15, 0.2) is 0 Å². The van der Waals surface area contributed by atoms with E-state index in [1.54, 1.807) is 0 Å². The van der Waals surface area contributed by atoms with Crippen molar-refractivity contribution in [3.8, 4) is 0 Å². The van der Waals surface area contributed by atoms with E-state index in [9.17, 15) is 0 Å². The Labute approximate surface area is 92.2 Å². The van der Waals surface area contributed by atoms with Gasteiger partial charge in [0.2, 0.25) is 0 Å². The van der Waals surface area contributed by atoms with Gasteiger partial charge in [0, 0.05) is 25.3 Å². The molecular weight excluding hydrogens is 186 g/mol. The van der Waals surface area contributed by atoms with Crippen molar-refractivity contribution in [2.24, 2.45) is 0 Å². The summed E-state index contributed by atoms with van der Waals surface area (Å²) >= 11 is 0. The van der Waals surface area contributed by atoms with Crippen LogP contribution in [-0.2, 0) is 6.54 Å². The molecule has 84 valence electrons. The van der Waals surface area contributed by atoms with Gasteiger partial charge >= 0.3 is 0 Å². The molecule has 0 atom stereocenters. The van der Waals surface area contributed by atoms with Gasteiger partial charge in [-0.15, -0.1) is 0 Å². The molecule has 0 unspecified atom stereocenters. The lowest BCUT2D eigenvalue weighted by Gasteiger charge is -2.04. The number of nitrogens with one attached hydrogen (secondary N) is 1. The standard InChI is InChI=1S/C12H21N3/c1-4-10-15-12(7-9-14-15)6-5-8-13-11(2)3/h5-7,9,11,13H,4,8,10H2,1-3H3/b6-5+. The van der Waals surface area contributed by atoms with Crippen LogP contribution < -0.4 is 5.32 Å². The van der Waals surface area contributed by atoms with Crippen LogP contribution in [-0.4, -0.2) is 22.4 Å². The van der Waals surface area contributed by atoms with E-state index in [-0.39, 0.29) is 0 Å². The van der Waals surface area contributed by atoms with E-state index in [2.05, 4.69) is 43.3 Å². The molecule has 0 saturated heterocycles. The van der Waals surface area contributed by atoms with Gasteiger partial charge in [0.25, 0.3) is 0 Å². The van der Waals surface area contributed by atoms with E-state index in [0.29, 0.717) is 6.04 Å². The highest BCUT2D eigenvalue weighted by Gasteiger charge is 1.96. The first-order valence-corrected chi connectivity index (χ1v) is 5.65. The summed E-state index contributed by atoms with van der Waals surface area (Å²) in [5.74, 6) is 0. The Morgan fingerprint density at radius 1 is 1.53 bits per heavy atom. The first-order valence-electron chi connectivity index (χ1n) is 5.65. The van der Waals surface area contributed by atoms with Crippen molar-refractivity contribution in [1.82, 2.24) is 15.1 Å². The first-order chi connectivity index (χ1) is 7.24. The minimum Gasteiger partial charge on any atom is -0.311 e. The van der Waals surface area contributed by atoms with Crippen molar-refractivity contribution in [1.29, 1.82) is 0 Å². The maximum atomic E-state index is 4.26. The van der Waals surface area contributed by atoms with Gasteiger partial charge in [-0.05, 0) is 18.6 Å². The predicted molar refractivity (Wildman–Crippen MR) is 64.7 cm³/mol. The molecule has 3 nitrogen and oxygen atoms in total. The Hall–Kier alpha value is -1.09. The van der Waals surface area contributed by atoms with Crippen LogP contribution in [0.15, 0.2) is 18.3 Å². The molecule has 0 aromatic carbocycles. The lowest BCUT2D eigenvalue weighted by Crippen LogP contribution is -2.22. The smallest absolute Gasteiger partial charge is 0.0607 e. The average Bonchev–Trinajstić information content (AvgIpc) is 2.61. The van der Waals surface area contributed by atoms with Gasteiger partial charge < -0.3 is 5.32 Å². The van der Waals surface area contributed by atoms with Crippen LogP contribution in [0.25, 0.3) is 6.08 Å². The lowest BCUT2D eigenvalue weighted by molar-refractivity contribution is 0.597. The molecule has 0 aliphatic carbocycles. The third kappa shape index (κ3) is 4.30. The number of aryl methyl sites for hydroxylation is 1. The van der Waals surface area contributed by atoms with Crippen molar-refractivity contribution in [3.05, 3.63) is 24.0 Å². The van der Waals surface area contributed by atoms with Crippen LogP contribution >= 0.6 is 0 Å². The first kappa shape index (κ1) is 12.0.